The van der Waals surface area contributed by atoms with Crippen molar-refractivity contribution < 1.29 is 0 Å². The van der Waals surface area contributed by atoms with E-state index in [0.717, 1.165) is 5.92 Å². The largest absolute Gasteiger partial charge is 0.361 e. The summed E-state index contributed by atoms with van der Waals surface area (Å²) in [7, 11) is 0. The maximum atomic E-state index is 3.67. The van der Waals surface area contributed by atoms with Crippen LogP contribution in [0.25, 0.3) is 0 Å². The molecule has 1 unspecified atom stereocenters. The fraction of sp³-hybridized carbons (Fsp3) is 0.667. The number of allylic oxidation sites excluding steroid dienone is 2. The highest BCUT2D eigenvalue weighted by atomic mass is 79.9. The minimum absolute atomic E-state index is 0.412. The van der Waals surface area contributed by atoms with Gasteiger partial charge < -0.3 is 4.90 Å². The van der Waals surface area contributed by atoms with Gasteiger partial charge in [0.25, 0.3) is 0 Å². The first kappa shape index (κ1) is 10.3. The quantitative estimate of drug-likeness (QED) is 0.538. The lowest BCUT2D eigenvalue weighted by molar-refractivity contribution is 0.259. The van der Waals surface area contributed by atoms with Crippen LogP contribution in [0.5, 0.6) is 0 Å². The van der Waals surface area contributed by atoms with Crippen LogP contribution in [0.4, 0.5) is 0 Å². The zero-order valence-corrected chi connectivity index (χ0v) is 10.1. The summed E-state index contributed by atoms with van der Waals surface area (Å²) >= 11 is 3.67. The highest BCUT2D eigenvalue weighted by Gasteiger charge is 2.18. The summed E-state index contributed by atoms with van der Waals surface area (Å²) in [5.74, 6) is 0.917. The van der Waals surface area contributed by atoms with Gasteiger partial charge in [0.15, 0.2) is 0 Å². The van der Waals surface area contributed by atoms with Gasteiger partial charge in [0.2, 0.25) is 0 Å². The van der Waals surface area contributed by atoms with Crippen LogP contribution in [0.2, 0.25) is 0 Å². The number of alkyl halides is 1. The Morgan fingerprint density at radius 2 is 1.93 bits per heavy atom. The van der Waals surface area contributed by atoms with E-state index in [0.29, 0.717) is 4.95 Å². The van der Waals surface area contributed by atoms with Gasteiger partial charge in [-0.1, -0.05) is 47.3 Å². The third-order valence-electron chi connectivity index (χ3n) is 3.17. The molecule has 0 aromatic rings. The van der Waals surface area contributed by atoms with E-state index in [-0.39, 0.29) is 0 Å². The summed E-state index contributed by atoms with van der Waals surface area (Å²) in [6.07, 6.45) is 15.8. The first-order valence-corrected chi connectivity index (χ1v) is 6.52. The Hall–Kier alpha value is -0.240. The zero-order valence-electron chi connectivity index (χ0n) is 8.53. The van der Waals surface area contributed by atoms with E-state index in [1.807, 2.05) is 0 Å². The van der Waals surface area contributed by atoms with E-state index < -0.39 is 0 Å². The molecule has 2 rings (SSSR count). The Morgan fingerprint density at radius 3 is 2.64 bits per heavy atom. The van der Waals surface area contributed by atoms with Crippen LogP contribution in [-0.2, 0) is 0 Å². The van der Waals surface area contributed by atoms with Crippen molar-refractivity contribution in [3.63, 3.8) is 0 Å². The summed E-state index contributed by atoms with van der Waals surface area (Å²) in [6.45, 7) is 1.22. The summed E-state index contributed by atoms with van der Waals surface area (Å²) in [5, 5.41) is 0. The predicted octanol–water partition coefficient (Wildman–Crippen LogP) is 3.67. The van der Waals surface area contributed by atoms with E-state index in [2.05, 4.69) is 45.3 Å². The predicted molar refractivity (Wildman–Crippen MR) is 64.3 cm³/mol. The maximum Gasteiger partial charge on any atom is 0.103 e. The molecule has 0 amide bonds. The van der Waals surface area contributed by atoms with Crippen molar-refractivity contribution in [3.8, 4) is 0 Å². The lowest BCUT2D eigenvalue weighted by Crippen LogP contribution is -2.31. The average Bonchev–Trinajstić information content (AvgIpc) is 2.23. The molecule has 1 aliphatic heterocycles. The average molecular weight is 256 g/mol. The summed E-state index contributed by atoms with van der Waals surface area (Å²) in [5.41, 5.74) is 0. The second-order valence-corrected chi connectivity index (χ2v) is 5.24. The maximum absolute atomic E-state index is 3.67. The zero-order chi connectivity index (χ0) is 9.80. The van der Waals surface area contributed by atoms with Crippen LogP contribution in [0, 0.1) is 5.92 Å². The van der Waals surface area contributed by atoms with E-state index in [4.69, 9.17) is 0 Å². The molecule has 0 aromatic heterocycles. The van der Waals surface area contributed by atoms with Gasteiger partial charge >= 0.3 is 0 Å². The highest BCUT2D eigenvalue weighted by Crippen LogP contribution is 2.26. The topological polar surface area (TPSA) is 3.24 Å². The standard InChI is InChI=1S/C12H18BrN/c13-12-8-4-5-9-14(12)10-11-6-2-1-3-7-11/h4-5,8-9,11-12H,1-3,6-7,10H2. The molecular weight excluding hydrogens is 238 g/mol. The molecule has 0 spiro atoms. The number of rotatable bonds is 2. The highest BCUT2D eigenvalue weighted by molar-refractivity contribution is 9.09. The van der Waals surface area contributed by atoms with Crippen molar-refractivity contribution in [2.75, 3.05) is 6.54 Å². The molecule has 1 nitrogen and oxygen atoms in total. The molecule has 0 aromatic carbocycles. The first-order valence-electron chi connectivity index (χ1n) is 5.61. The van der Waals surface area contributed by atoms with Crippen molar-refractivity contribution in [3.05, 3.63) is 24.4 Å². The summed E-state index contributed by atoms with van der Waals surface area (Å²) in [4.78, 5) is 2.81. The number of nitrogens with zero attached hydrogens (tertiary/aromatic N) is 1. The second-order valence-electron chi connectivity index (χ2n) is 4.30. The lowest BCUT2D eigenvalue weighted by atomic mass is 9.89. The molecule has 0 bridgehead atoms. The Bertz CT molecular complexity index is 228. The van der Waals surface area contributed by atoms with Crippen LogP contribution in [0.15, 0.2) is 24.4 Å². The van der Waals surface area contributed by atoms with Crippen molar-refractivity contribution >= 4 is 15.9 Å². The van der Waals surface area contributed by atoms with Gasteiger partial charge in [0.05, 0.1) is 0 Å². The van der Waals surface area contributed by atoms with Crippen molar-refractivity contribution in [2.45, 2.75) is 37.1 Å². The molecule has 1 heterocycles. The molecule has 0 radical (unpaired) electrons. The van der Waals surface area contributed by atoms with Gasteiger partial charge in [-0.3, -0.25) is 0 Å². The first-order chi connectivity index (χ1) is 6.86. The molecule has 78 valence electrons. The van der Waals surface area contributed by atoms with Crippen molar-refractivity contribution in [1.82, 2.24) is 4.90 Å². The Morgan fingerprint density at radius 1 is 1.14 bits per heavy atom. The van der Waals surface area contributed by atoms with Crippen LogP contribution in [-0.4, -0.2) is 16.4 Å². The van der Waals surface area contributed by atoms with Gasteiger partial charge in [-0.25, -0.2) is 0 Å². The SMILES string of the molecule is BrC1C=CC=CN1CC1CCCCC1. The summed E-state index contributed by atoms with van der Waals surface area (Å²) < 4.78 is 0. The fourth-order valence-corrected chi connectivity index (χ4v) is 2.82. The molecule has 0 N–H and O–H groups in total. The Kier molecular flexibility index (Phi) is 3.68. The molecule has 2 aliphatic rings. The van der Waals surface area contributed by atoms with Crippen molar-refractivity contribution in [2.24, 2.45) is 5.92 Å². The van der Waals surface area contributed by atoms with Gasteiger partial charge in [-0.05, 0) is 24.8 Å². The fourth-order valence-electron chi connectivity index (χ4n) is 2.34. The number of hydrogen-bond acceptors (Lipinski definition) is 1. The third kappa shape index (κ3) is 2.63. The Balaban J connectivity index is 1.83. The molecule has 2 heteroatoms. The van der Waals surface area contributed by atoms with Crippen LogP contribution in [0.1, 0.15) is 32.1 Å². The molecule has 1 saturated carbocycles. The third-order valence-corrected chi connectivity index (χ3v) is 4.00. The molecule has 0 saturated heterocycles. The van der Waals surface area contributed by atoms with Crippen LogP contribution in [0.3, 0.4) is 0 Å². The van der Waals surface area contributed by atoms with Gasteiger partial charge in [0, 0.05) is 12.7 Å². The van der Waals surface area contributed by atoms with E-state index in [9.17, 15) is 0 Å². The van der Waals surface area contributed by atoms with Gasteiger partial charge in [-0.2, -0.15) is 0 Å². The molecule has 1 fully saturated rings. The minimum Gasteiger partial charge on any atom is -0.361 e. The lowest BCUT2D eigenvalue weighted by Gasteiger charge is -2.32. The van der Waals surface area contributed by atoms with Crippen LogP contribution < -0.4 is 0 Å². The van der Waals surface area contributed by atoms with Crippen LogP contribution >= 0.6 is 15.9 Å². The molecular formula is C12H18BrN. The van der Waals surface area contributed by atoms with E-state index >= 15 is 0 Å². The van der Waals surface area contributed by atoms with E-state index in [1.54, 1.807) is 0 Å². The second kappa shape index (κ2) is 5.01. The number of halogens is 1. The van der Waals surface area contributed by atoms with Gasteiger partial charge in [-0.15, -0.1) is 0 Å². The minimum atomic E-state index is 0.412. The molecule has 14 heavy (non-hydrogen) atoms. The van der Waals surface area contributed by atoms with Crippen molar-refractivity contribution in [1.29, 1.82) is 0 Å². The normalized spacial score (nSPS) is 28.4. The molecule has 1 atom stereocenters. The van der Waals surface area contributed by atoms with E-state index in [1.165, 1.54) is 38.6 Å². The smallest absolute Gasteiger partial charge is 0.103 e. The Labute approximate surface area is 95.0 Å². The van der Waals surface area contributed by atoms with Gasteiger partial charge in [0.1, 0.15) is 4.95 Å². The molecule has 1 aliphatic carbocycles. The summed E-state index contributed by atoms with van der Waals surface area (Å²) in [6, 6.07) is 0. The monoisotopic (exact) mass is 255 g/mol. The number of hydrogen-bond donors (Lipinski definition) is 0.